The van der Waals surface area contributed by atoms with Crippen molar-refractivity contribution in [3.63, 3.8) is 0 Å². The lowest BCUT2D eigenvalue weighted by Gasteiger charge is -2.14. The van der Waals surface area contributed by atoms with Crippen LogP contribution in [0, 0.1) is 13.8 Å². The molecular formula is C13H19N5O. The van der Waals surface area contributed by atoms with E-state index in [1.807, 2.05) is 20.8 Å². The van der Waals surface area contributed by atoms with Crippen molar-refractivity contribution in [2.75, 3.05) is 0 Å². The third kappa shape index (κ3) is 3.01. The van der Waals surface area contributed by atoms with E-state index in [1.54, 1.807) is 12.4 Å². The molecule has 2 rings (SSSR count). The van der Waals surface area contributed by atoms with Crippen molar-refractivity contribution in [2.24, 2.45) is 0 Å². The van der Waals surface area contributed by atoms with E-state index in [0.29, 0.717) is 6.42 Å². The number of aromatic amines is 2. The maximum atomic E-state index is 12.1. The summed E-state index contributed by atoms with van der Waals surface area (Å²) in [4.78, 5) is 19.3. The lowest BCUT2D eigenvalue weighted by molar-refractivity contribution is -0.121. The van der Waals surface area contributed by atoms with Gasteiger partial charge in [0.25, 0.3) is 0 Å². The molecule has 6 heteroatoms. The molecule has 0 spiro atoms. The van der Waals surface area contributed by atoms with Crippen LogP contribution in [0.1, 0.15) is 42.2 Å². The molecule has 102 valence electrons. The van der Waals surface area contributed by atoms with Gasteiger partial charge in [0.1, 0.15) is 5.82 Å². The van der Waals surface area contributed by atoms with Gasteiger partial charge in [-0.15, -0.1) is 0 Å². The van der Waals surface area contributed by atoms with Gasteiger partial charge >= 0.3 is 0 Å². The summed E-state index contributed by atoms with van der Waals surface area (Å²) in [6.07, 6.45) is 4.58. The van der Waals surface area contributed by atoms with E-state index >= 15 is 0 Å². The summed E-state index contributed by atoms with van der Waals surface area (Å²) in [5.74, 6) is 0.771. The van der Waals surface area contributed by atoms with Crippen molar-refractivity contribution in [1.29, 1.82) is 0 Å². The van der Waals surface area contributed by atoms with Gasteiger partial charge in [0, 0.05) is 23.7 Å². The number of aromatic nitrogens is 4. The average Bonchev–Trinajstić information content (AvgIpc) is 3.01. The molecule has 0 aliphatic rings. The maximum Gasteiger partial charge on any atom is 0.225 e. The zero-order valence-corrected chi connectivity index (χ0v) is 11.4. The summed E-state index contributed by atoms with van der Waals surface area (Å²) in [7, 11) is 0. The zero-order valence-electron chi connectivity index (χ0n) is 11.4. The highest BCUT2D eigenvalue weighted by molar-refractivity contribution is 5.79. The Labute approximate surface area is 112 Å². The van der Waals surface area contributed by atoms with Gasteiger partial charge in [-0.25, -0.2) is 4.98 Å². The number of rotatable bonds is 5. The predicted octanol–water partition coefficient (Wildman–Crippen LogP) is 1.56. The predicted molar refractivity (Wildman–Crippen MR) is 71.5 cm³/mol. The van der Waals surface area contributed by atoms with Gasteiger partial charge in [0.05, 0.1) is 18.2 Å². The number of hydrogen-bond donors (Lipinski definition) is 3. The molecule has 0 aliphatic heterocycles. The molecule has 0 aliphatic carbocycles. The fourth-order valence-corrected chi connectivity index (χ4v) is 2.07. The van der Waals surface area contributed by atoms with Gasteiger partial charge in [-0.2, -0.15) is 5.10 Å². The highest BCUT2D eigenvalue weighted by Crippen LogP contribution is 2.14. The van der Waals surface area contributed by atoms with E-state index in [0.717, 1.165) is 29.2 Å². The summed E-state index contributed by atoms with van der Waals surface area (Å²) in [5.41, 5.74) is 2.78. The highest BCUT2D eigenvalue weighted by Gasteiger charge is 2.17. The quantitative estimate of drug-likeness (QED) is 0.763. The molecule has 2 aromatic heterocycles. The molecule has 0 radical (unpaired) electrons. The number of carbonyl (C=O) groups excluding carboxylic acids is 1. The average molecular weight is 261 g/mol. The van der Waals surface area contributed by atoms with Gasteiger partial charge in [-0.1, -0.05) is 6.92 Å². The topological polar surface area (TPSA) is 86.5 Å². The second kappa shape index (κ2) is 5.69. The SMILES string of the molecule is CCC(NC(=O)Cc1c(C)n[nH]c1C)c1ncc[nH]1. The van der Waals surface area contributed by atoms with Crippen molar-refractivity contribution in [3.8, 4) is 0 Å². The monoisotopic (exact) mass is 261 g/mol. The molecule has 0 saturated carbocycles. The van der Waals surface area contributed by atoms with Gasteiger partial charge in [0.2, 0.25) is 5.91 Å². The lowest BCUT2D eigenvalue weighted by Crippen LogP contribution is -2.30. The molecule has 0 bridgehead atoms. The first-order chi connectivity index (χ1) is 9.11. The summed E-state index contributed by atoms with van der Waals surface area (Å²) >= 11 is 0. The molecule has 0 aromatic carbocycles. The van der Waals surface area contributed by atoms with E-state index in [9.17, 15) is 4.79 Å². The Balaban J connectivity index is 2.01. The van der Waals surface area contributed by atoms with Gasteiger partial charge in [-0.3, -0.25) is 9.89 Å². The van der Waals surface area contributed by atoms with E-state index < -0.39 is 0 Å². The fraction of sp³-hybridized carbons (Fsp3) is 0.462. The summed E-state index contributed by atoms with van der Waals surface area (Å²) in [5, 5.41) is 9.97. The molecule has 1 atom stereocenters. The number of amides is 1. The Morgan fingerprint density at radius 3 is 2.79 bits per heavy atom. The third-order valence-electron chi connectivity index (χ3n) is 3.21. The van der Waals surface area contributed by atoms with Crippen molar-refractivity contribution in [1.82, 2.24) is 25.5 Å². The van der Waals surface area contributed by atoms with Crippen molar-refractivity contribution < 1.29 is 4.79 Å². The molecule has 0 fully saturated rings. The highest BCUT2D eigenvalue weighted by atomic mass is 16.1. The molecule has 19 heavy (non-hydrogen) atoms. The maximum absolute atomic E-state index is 12.1. The number of aryl methyl sites for hydroxylation is 2. The van der Waals surface area contributed by atoms with Crippen molar-refractivity contribution >= 4 is 5.91 Å². The van der Waals surface area contributed by atoms with Crippen LogP contribution < -0.4 is 5.32 Å². The third-order valence-corrected chi connectivity index (χ3v) is 3.21. The fourth-order valence-electron chi connectivity index (χ4n) is 2.07. The number of nitrogens with one attached hydrogen (secondary N) is 3. The number of imidazole rings is 1. The summed E-state index contributed by atoms with van der Waals surface area (Å²) in [6.45, 7) is 5.84. The standard InChI is InChI=1S/C13H19N5O/c1-4-11(13-14-5-6-15-13)16-12(19)7-10-8(2)17-18-9(10)3/h5-6,11H,4,7H2,1-3H3,(H,14,15)(H,16,19)(H,17,18). The van der Waals surface area contributed by atoms with Crippen LogP contribution >= 0.6 is 0 Å². The largest absolute Gasteiger partial charge is 0.347 e. The number of H-pyrrole nitrogens is 2. The van der Waals surface area contributed by atoms with Gasteiger partial charge in [-0.05, 0) is 20.3 Å². The first-order valence-corrected chi connectivity index (χ1v) is 6.40. The minimum absolute atomic E-state index is 0.0177. The Hall–Kier alpha value is -2.11. The normalized spacial score (nSPS) is 12.4. The Morgan fingerprint density at radius 1 is 1.47 bits per heavy atom. The second-order valence-electron chi connectivity index (χ2n) is 4.59. The van der Waals surface area contributed by atoms with Crippen LogP contribution in [-0.2, 0) is 11.2 Å². The zero-order chi connectivity index (χ0) is 13.8. The molecule has 1 amide bonds. The molecule has 1 unspecified atom stereocenters. The van der Waals surface area contributed by atoms with Crippen LogP contribution in [0.5, 0.6) is 0 Å². The molecular weight excluding hydrogens is 242 g/mol. The van der Waals surface area contributed by atoms with E-state index in [1.165, 1.54) is 0 Å². The number of nitrogens with zero attached hydrogens (tertiary/aromatic N) is 2. The Kier molecular flexibility index (Phi) is 3.99. The van der Waals surface area contributed by atoms with E-state index in [4.69, 9.17) is 0 Å². The van der Waals surface area contributed by atoms with E-state index in [2.05, 4.69) is 25.5 Å². The minimum Gasteiger partial charge on any atom is -0.347 e. The minimum atomic E-state index is -0.0741. The van der Waals surface area contributed by atoms with Crippen molar-refractivity contribution in [2.45, 2.75) is 39.7 Å². The molecule has 3 N–H and O–H groups in total. The van der Waals surface area contributed by atoms with Crippen LogP contribution in [0.4, 0.5) is 0 Å². The number of carbonyl (C=O) groups is 1. The van der Waals surface area contributed by atoms with Gasteiger partial charge in [0.15, 0.2) is 0 Å². The van der Waals surface area contributed by atoms with Gasteiger partial charge < -0.3 is 10.3 Å². The lowest BCUT2D eigenvalue weighted by atomic mass is 10.1. The van der Waals surface area contributed by atoms with Crippen LogP contribution in [0.2, 0.25) is 0 Å². The molecule has 6 nitrogen and oxygen atoms in total. The molecule has 2 aromatic rings. The number of hydrogen-bond acceptors (Lipinski definition) is 3. The first-order valence-electron chi connectivity index (χ1n) is 6.40. The van der Waals surface area contributed by atoms with Crippen molar-refractivity contribution in [3.05, 3.63) is 35.2 Å². The Morgan fingerprint density at radius 2 is 2.26 bits per heavy atom. The smallest absolute Gasteiger partial charge is 0.225 e. The Bertz CT molecular complexity index is 524. The first kappa shape index (κ1) is 13.3. The van der Waals surface area contributed by atoms with Crippen LogP contribution in [0.25, 0.3) is 0 Å². The van der Waals surface area contributed by atoms with Crippen LogP contribution in [0.3, 0.4) is 0 Å². The second-order valence-corrected chi connectivity index (χ2v) is 4.59. The molecule has 2 heterocycles. The van der Waals surface area contributed by atoms with E-state index in [-0.39, 0.29) is 11.9 Å². The summed E-state index contributed by atoms with van der Waals surface area (Å²) in [6, 6.07) is -0.0741. The summed E-state index contributed by atoms with van der Waals surface area (Å²) < 4.78 is 0. The van der Waals surface area contributed by atoms with Crippen LogP contribution in [-0.4, -0.2) is 26.1 Å². The molecule has 0 saturated heterocycles. The van der Waals surface area contributed by atoms with Crippen LogP contribution in [0.15, 0.2) is 12.4 Å².